The molecule has 4 aromatic rings. The lowest BCUT2D eigenvalue weighted by molar-refractivity contribution is 0.102. The van der Waals surface area contributed by atoms with E-state index in [1.165, 1.54) is 5.56 Å². The fourth-order valence-corrected chi connectivity index (χ4v) is 2.98. The Morgan fingerprint density at radius 2 is 1.75 bits per heavy atom. The second-order valence-electron chi connectivity index (χ2n) is 6.45. The zero-order chi connectivity index (χ0) is 19.3. The summed E-state index contributed by atoms with van der Waals surface area (Å²) in [5, 5.41) is 12.1. The van der Waals surface area contributed by atoms with Gasteiger partial charge >= 0.3 is 0 Å². The molecule has 2 aromatic carbocycles. The van der Waals surface area contributed by atoms with Crippen LogP contribution in [0.4, 0.5) is 11.5 Å². The topological polar surface area (TPSA) is 71.0 Å². The van der Waals surface area contributed by atoms with Crippen molar-refractivity contribution >= 4 is 28.3 Å². The molecule has 0 aliphatic heterocycles. The van der Waals surface area contributed by atoms with Crippen molar-refractivity contribution in [3.05, 3.63) is 90.3 Å². The third-order valence-corrected chi connectivity index (χ3v) is 4.42. The summed E-state index contributed by atoms with van der Waals surface area (Å²) in [6, 6.07) is 23.1. The van der Waals surface area contributed by atoms with E-state index in [9.17, 15) is 4.79 Å². The molecule has 0 aliphatic carbocycles. The van der Waals surface area contributed by atoms with Gasteiger partial charge in [-0.2, -0.15) is 0 Å². The van der Waals surface area contributed by atoms with E-state index in [4.69, 9.17) is 0 Å². The average Bonchev–Trinajstić information content (AvgIpc) is 2.75. The largest absolute Gasteiger partial charge is 0.354 e. The Morgan fingerprint density at radius 1 is 0.929 bits per heavy atom. The molecule has 1 amide bonds. The van der Waals surface area contributed by atoms with Crippen LogP contribution in [-0.4, -0.2) is 28.1 Å². The summed E-state index contributed by atoms with van der Waals surface area (Å²) >= 11 is 0. The van der Waals surface area contributed by atoms with Gasteiger partial charge in [-0.15, -0.1) is 10.2 Å². The SMILES string of the molecule is CN(Cc1ccccc1)c1ccc(C(=O)Nc2cccc3cccnc23)nn1. The number of hydrogen-bond acceptors (Lipinski definition) is 5. The van der Waals surface area contributed by atoms with Crippen LogP contribution >= 0.6 is 0 Å². The quantitative estimate of drug-likeness (QED) is 0.577. The monoisotopic (exact) mass is 369 g/mol. The van der Waals surface area contributed by atoms with E-state index >= 15 is 0 Å². The maximum absolute atomic E-state index is 12.6. The third-order valence-electron chi connectivity index (χ3n) is 4.42. The van der Waals surface area contributed by atoms with Crippen LogP contribution in [0.3, 0.4) is 0 Å². The number of nitrogens with one attached hydrogen (secondary N) is 1. The summed E-state index contributed by atoms with van der Waals surface area (Å²) in [4.78, 5) is 18.9. The number of para-hydroxylation sites is 1. The molecule has 6 heteroatoms. The number of hydrogen-bond donors (Lipinski definition) is 1. The molecule has 0 saturated carbocycles. The molecular formula is C22H19N5O. The van der Waals surface area contributed by atoms with Crippen molar-refractivity contribution in [1.29, 1.82) is 0 Å². The van der Waals surface area contributed by atoms with E-state index in [0.717, 1.165) is 10.9 Å². The van der Waals surface area contributed by atoms with Crippen molar-refractivity contribution < 1.29 is 4.79 Å². The van der Waals surface area contributed by atoms with Gasteiger partial charge in [0.05, 0.1) is 11.2 Å². The number of benzene rings is 2. The van der Waals surface area contributed by atoms with Crippen LogP contribution in [0.25, 0.3) is 10.9 Å². The molecule has 0 spiro atoms. The Hall–Kier alpha value is -3.80. The predicted octanol–water partition coefficient (Wildman–Crippen LogP) is 3.91. The predicted molar refractivity (Wildman–Crippen MR) is 110 cm³/mol. The molecule has 1 N–H and O–H groups in total. The highest BCUT2D eigenvalue weighted by Gasteiger charge is 2.12. The zero-order valence-electron chi connectivity index (χ0n) is 15.4. The van der Waals surface area contributed by atoms with Crippen molar-refractivity contribution in [3.8, 4) is 0 Å². The molecule has 0 fully saturated rings. The van der Waals surface area contributed by atoms with Crippen LogP contribution in [0.1, 0.15) is 16.1 Å². The Bertz CT molecular complexity index is 1090. The number of rotatable bonds is 5. The lowest BCUT2D eigenvalue weighted by Crippen LogP contribution is -2.20. The van der Waals surface area contributed by atoms with Crippen molar-refractivity contribution in [3.63, 3.8) is 0 Å². The van der Waals surface area contributed by atoms with Gasteiger partial charge in [0.2, 0.25) is 0 Å². The number of carbonyl (C=O) groups is 1. The van der Waals surface area contributed by atoms with Crippen LogP contribution < -0.4 is 10.2 Å². The Balaban J connectivity index is 1.48. The molecule has 0 unspecified atom stereocenters. The first-order valence-electron chi connectivity index (χ1n) is 8.94. The minimum Gasteiger partial charge on any atom is -0.354 e. The summed E-state index contributed by atoms with van der Waals surface area (Å²) < 4.78 is 0. The minimum absolute atomic E-state index is 0.254. The van der Waals surface area contributed by atoms with Crippen LogP contribution in [0, 0.1) is 0 Å². The molecule has 2 heterocycles. The average molecular weight is 369 g/mol. The molecule has 138 valence electrons. The van der Waals surface area contributed by atoms with Gasteiger partial charge in [0.15, 0.2) is 11.5 Å². The van der Waals surface area contributed by atoms with Gasteiger partial charge in [-0.3, -0.25) is 9.78 Å². The van der Waals surface area contributed by atoms with Crippen molar-refractivity contribution in [2.75, 3.05) is 17.3 Å². The molecule has 0 aliphatic rings. The maximum Gasteiger partial charge on any atom is 0.276 e. The third kappa shape index (κ3) is 3.81. The van der Waals surface area contributed by atoms with E-state index < -0.39 is 0 Å². The minimum atomic E-state index is -0.317. The summed E-state index contributed by atoms with van der Waals surface area (Å²) in [5.41, 5.74) is 2.82. The second-order valence-corrected chi connectivity index (χ2v) is 6.45. The molecule has 28 heavy (non-hydrogen) atoms. The Kier molecular flexibility index (Phi) is 4.93. The molecule has 0 radical (unpaired) electrons. The lowest BCUT2D eigenvalue weighted by Gasteiger charge is -2.17. The fraction of sp³-hybridized carbons (Fsp3) is 0.0909. The van der Waals surface area contributed by atoms with Crippen LogP contribution in [0.15, 0.2) is 79.0 Å². The lowest BCUT2D eigenvalue weighted by atomic mass is 10.2. The first-order chi connectivity index (χ1) is 13.7. The first kappa shape index (κ1) is 17.6. The number of aromatic nitrogens is 3. The number of fused-ring (bicyclic) bond motifs is 1. The highest BCUT2D eigenvalue weighted by molar-refractivity contribution is 6.07. The van der Waals surface area contributed by atoms with E-state index in [1.54, 1.807) is 18.3 Å². The van der Waals surface area contributed by atoms with Gasteiger partial charge in [0.25, 0.3) is 5.91 Å². The molecule has 4 rings (SSSR count). The number of pyridine rings is 1. The molecule has 6 nitrogen and oxygen atoms in total. The van der Waals surface area contributed by atoms with E-state index in [1.807, 2.05) is 60.5 Å². The maximum atomic E-state index is 12.6. The van der Waals surface area contributed by atoms with Crippen LogP contribution in [-0.2, 0) is 6.54 Å². The van der Waals surface area contributed by atoms with E-state index in [0.29, 0.717) is 18.1 Å². The normalized spacial score (nSPS) is 10.6. The Morgan fingerprint density at radius 3 is 2.54 bits per heavy atom. The highest BCUT2D eigenvalue weighted by atomic mass is 16.1. The van der Waals surface area contributed by atoms with Crippen LogP contribution in [0.2, 0.25) is 0 Å². The summed E-state index contributed by atoms with van der Waals surface area (Å²) in [5.74, 6) is 0.384. The fourth-order valence-electron chi connectivity index (χ4n) is 2.98. The van der Waals surface area contributed by atoms with Crippen molar-refractivity contribution in [2.45, 2.75) is 6.54 Å². The summed E-state index contributed by atoms with van der Waals surface area (Å²) in [7, 11) is 1.94. The summed E-state index contributed by atoms with van der Waals surface area (Å²) in [6.07, 6.45) is 1.70. The molecule has 0 bridgehead atoms. The second kappa shape index (κ2) is 7.84. The van der Waals surface area contributed by atoms with Crippen molar-refractivity contribution in [1.82, 2.24) is 15.2 Å². The van der Waals surface area contributed by atoms with E-state index in [2.05, 4.69) is 32.6 Å². The number of anilines is 2. The van der Waals surface area contributed by atoms with Gasteiger partial charge in [0.1, 0.15) is 0 Å². The number of carbonyl (C=O) groups excluding carboxylic acids is 1. The van der Waals surface area contributed by atoms with Gasteiger partial charge in [-0.25, -0.2) is 0 Å². The molecule has 0 saturated heterocycles. The smallest absolute Gasteiger partial charge is 0.276 e. The van der Waals surface area contributed by atoms with Gasteiger partial charge in [-0.1, -0.05) is 48.5 Å². The van der Waals surface area contributed by atoms with Gasteiger partial charge in [-0.05, 0) is 29.8 Å². The number of amides is 1. The first-order valence-corrected chi connectivity index (χ1v) is 8.94. The van der Waals surface area contributed by atoms with E-state index in [-0.39, 0.29) is 11.6 Å². The highest BCUT2D eigenvalue weighted by Crippen LogP contribution is 2.21. The van der Waals surface area contributed by atoms with Crippen LogP contribution in [0.5, 0.6) is 0 Å². The Labute approximate surface area is 162 Å². The molecule has 2 aromatic heterocycles. The zero-order valence-corrected chi connectivity index (χ0v) is 15.4. The van der Waals surface area contributed by atoms with Crippen molar-refractivity contribution in [2.24, 2.45) is 0 Å². The number of nitrogens with zero attached hydrogens (tertiary/aromatic N) is 4. The standard InChI is InChI=1S/C22H19N5O/c1-27(15-16-7-3-2-4-8-16)20-13-12-19(25-26-20)22(28)24-18-11-5-9-17-10-6-14-23-21(17)18/h2-14H,15H2,1H3,(H,24,28). The van der Waals surface area contributed by atoms with Gasteiger partial charge in [0, 0.05) is 25.2 Å². The molecule has 0 atom stereocenters. The molecular weight excluding hydrogens is 350 g/mol. The van der Waals surface area contributed by atoms with Gasteiger partial charge < -0.3 is 10.2 Å². The summed E-state index contributed by atoms with van der Waals surface area (Å²) in [6.45, 7) is 0.711.